The zero-order valence-corrected chi connectivity index (χ0v) is 10.2. The summed E-state index contributed by atoms with van der Waals surface area (Å²) in [7, 11) is 1.88. The number of nitrogens with one attached hydrogen (secondary N) is 1. The normalized spacial score (nSPS) is 31.7. The molecule has 0 bridgehead atoms. The SMILES string of the molecule is CNCC(O)CN1CC(C)SC(C)C1. The molecule has 1 heterocycles. The van der Waals surface area contributed by atoms with Gasteiger partial charge in [-0.1, -0.05) is 13.8 Å². The minimum Gasteiger partial charge on any atom is -0.390 e. The largest absolute Gasteiger partial charge is 0.390 e. The summed E-state index contributed by atoms with van der Waals surface area (Å²) in [6.45, 7) is 8.23. The van der Waals surface area contributed by atoms with Gasteiger partial charge in [0.05, 0.1) is 6.10 Å². The molecule has 0 amide bonds. The van der Waals surface area contributed by atoms with Gasteiger partial charge in [-0.25, -0.2) is 0 Å². The van der Waals surface area contributed by atoms with Crippen LogP contribution in [0.4, 0.5) is 0 Å². The molecule has 3 nitrogen and oxygen atoms in total. The van der Waals surface area contributed by atoms with Crippen LogP contribution in [0.25, 0.3) is 0 Å². The van der Waals surface area contributed by atoms with Crippen molar-refractivity contribution in [3.05, 3.63) is 0 Å². The Morgan fingerprint density at radius 2 is 2.00 bits per heavy atom. The summed E-state index contributed by atoms with van der Waals surface area (Å²) in [5.41, 5.74) is 0. The number of hydrogen-bond donors (Lipinski definition) is 2. The summed E-state index contributed by atoms with van der Waals surface area (Å²) in [6, 6.07) is 0. The van der Waals surface area contributed by atoms with Crippen LogP contribution in [0, 0.1) is 0 Å². The molecule has 1 aliphatic rings. The Labute approximate surface area is 91.2 Å². The summed E-state index contributed by atoms with van der Waals surface area (Å²) >= 11 is 2.05. The first-order chi connectivity index (χ1) is 6.61. The highest BCUT2D eigenvalue weighted by Crippen LogP contribution is 2.24. The van der Waals surface area contributed by atoms with E-state index >= 15 is 0 Å². The molecule has 0 aromatic carbocycles. The van der Waals surface area contributed by atoms with E-state index < -0.39 is 0 Å². The molecule has 84 valence electrons. The maximum atomic E-state index is 9.66. The standard InChI is InChI=1S/C10H22N2OS/c1-8-5-12(6-9(2)14-8)7-10(13)4-11-3/h8-11,13H,4-7H2,1-3H3. The fraction of sp³-hybridized carbons (Fsp3) is 1.00. The first-order valence-electron chi connectivity index (χ1n) is 5.32. The molecule has 1 fully saturated rings. The number of nitrogens with zero attached hydrogens (tertiary/aromatic N) is 1. The number of hydrogen-bond acceptors (Lipinski definition) is 4. The molecule has 3 atom stereocenters. The molecular formula is C10H22N2OS. The third kappa shape index (κ3) is 4.17. The zero-order chi connectivity index (χ0) is 10.6. The molecule has 1 saturated heterocycles. The first kappa shape index (κ1) is 12.3. The molecule has 2 N–H and O–H groups in total. The molecule has 1 rings (SSSR count). The number of aliphatic hydroxyl groups excluding tert-OH is 1. The molecule has 1 aliphatic heterocycles. The van der Waals surface area contributed by atoms with Crippen LogP contribution in [0.1, 0.15) is 13.8 Å². The highest BCUT2D eigenvalue weighted by molar-refractivity contribution is 8.00. The van der Waals surface area contributed by atoms with Gasteiger partial charge < -0.3 is 10.4 Å². The zero-order valence-electron chi connectivity index (χ0n) is 9.36. The highest BCUT2D eigenvalue weighted by Gasteiger charge is 2.23. The van der Waals surface area contributed by atoms with Crippen molar-refractivity contribution < 1.29 is 5.11 Å². The maximum Gasteiger partial charge on any atom is 0.0791 e. The summed E-state index contributed by atoms with van der Waals surface area (Å²) < 4.78 is 0. The average molecular weight is 218 g/mol. The van der Waals surface area contributed by atoms with Crippen molar-refractivity contribution in [3.8, 4) is 0 Å². The third-order valence-corrected chi connectivity index (χ3v) is 3.63. The molecule has 0 saturated carbocycles. The molecule has 0 aromatic rings. The molecule has 3 unspecified atom stereocenters. The number of aliphatic hydroxyl groups is 1. The lowest BCUT2D eigenvalue weighted by atomic mass is 10.2. The predicted molar refractivity (Wildman–Crippen MR) is 62.9 cm³/mol. The molecular weight excluding hydrogens is 196 g/mol. The lowest BCUT2D eigenvalue weighted by Crippen LogP contribution is -2.45. The van der Waals surface area contributed by atoms with Gasteiger partial charge in [0.15, 0.2) is 0 Å². The van der Waals surface area contributed by atoms with Gasteiger partial charge in [0, 0.05) is 36.7 Å². The van der Waals surface area contributed by atoms with Crippen molar-refractivity contribution in [1.82, 2.24) is 10.2 Å². The summed E-state index contributed by atoms with van der Waals surface area (Å²) in [4.78, 5) is 2.37. The number of rotatable bonds is 4. The molecule has 4 heteroatoms. The second-order valence-electron chi connectivity index (χ2n) is 4.19. The van der Waals surface area contributed by atoms with E-state index in [0.717, 1.165) is 19.6 Å². The lowest BCUT2D eigenvalue weighted by molar-refractivity contribution is 0.112. The van der Waals surface area contributed by atoms with Crippen LogP contribution in [0.5, 0.6) is 0 Å². The topological polar surface area (TPSA) is 35.5 Å². The van der Waals surface area contributed by atoms with Gasteiger partial charge in [0.1, 0.15) is 0 Å². The smallest absolute Gasteiger partial charge is 0.0791 e. The lowest BCUT2D eigenvalue weighted by Gasteiger charge is -2.35. The number of β-amino-alcohol motifs (C(OH)–C–C–N with tert-alkyl or cyclic N) is 1. The Balaban J connectivity index is 2.29. The summed E-state index contributed by atoms with van der Waals surface area (Å²) in [6.07, 6.45) is -0.234. The maximum absolute atomic E-state index is 9.66. The van der Waals surface area contributed by atoms with Gasteiger partial charge in [-0.05, 0) is 7.05 Å². The minimum atomic E-state index is -0.234. The van der Waals surface area contributed by atoms with Gasteiger partial charge in [-0.3, -0.25) is 4.90 Å². The van der Waals surface area contributed by atoms with E-state index in [2.05, 4.69) is 24.1 Å². The van der Waals surface area contributed by atoms with Crippen LogP contribution in [0.15, 0.2) is 0 Å². The van der Waals surface area contributed by atoms with E-state index in [1.165, 1.54) is 0 Å². The van der Waals surface area contributed by atoms with Crippen molar-refractivity contribution >= 4 is 11.8 Å². The Bertz CT molecular complexity index is 158. The van der Waals surface area contributed by atoms with E-state index in [4.69, 9.17) is 0 Å². The summed E-state index contributed by atoms with van der Waals surface area (Å²) in [5, 5.41) is 14.1. The molecule has 0 spiro atoms. The van der Waals surface area contributed by atoms with Crippen LogP contribution in [0.3, 0.4) is 0 Å². The van der Waals surface area contributed by atoms with E-state index in [9.17, 15) is 5.11 Å². The van der Waals surface area contributed by atoms with Gasteiger partial charge in [0.25, 0.3) is 0 Å². The first-order valence-corrected chi connectivity index (χ1v) is 6.26. The fourth-order valence-corrected chi connectivity index (χ4v) is 3.42. The highest BCUT2D eigenvalue weighted by atomic mass is 32.2. The summed E-state index contributed by atoms with van der Waals surface area (Å²) in [5.74, 6) is 0. The van der Waals surface area contributed by atoms with Gasteiger partial charge in [-0.15, -0.1) is 0 Å². The van der Waals surface area contributed by atoms with E-state index in [0.29, 0.717) is 17.0 Å². The van der Waals surface area contributed by atoms with Crippen molar-refractivity contribution in [1.29, 1.82) is 0 Å². The third-order valence-electron chi connectivity index (χ3n) is 2.40. The Morgan fingerprint density at radius 1 is 1.43 bits per heavy atom. The Morgan fingerprint density at radius 3 is 2.50 bits per heavy atom. The van der Waals surface area contributed by atoms with Gasteiger partial charge in [0.2, 0.25) is 0 Å². The van der Waals surface area contributed by atoms with Crippen LogP contribution >= 0.6 is 11.8 Å². The Kier molecular flexibility index (Phi) is 5.23. The van der Waals surface area contributed by atoms with Crippen molar-refractivity contribution in [2.75, 3.05) is 33.2 Å². The van der Waals surface area contributed by atoms with Crippen molar-refractivity contribution in [3.63, 3.8) is 0 Å². The van der Waals surface area contributed by atoms with E-state index in [-0.39, 0.29) is 6.10 Å². The molecule has 0 aromatic heterocycles. The monoisotopic (exact) mass is 218 g/mol. The van der Waals surface area contributed by atoms with Crippen LogP contribution in [0.2, 0.25) is 0 Å². The van der Waals surface area contributed by atoms with E-state index in [1.54, 1.807) is 0 Å². The molecule has 0 aliphatic carbocycles. The van der Waals surface area contributed by atoms with E-state index in [1.807, 2.05) is 18.8 Å². The van der Waals surface area contributed by atoms with Crippen molar-refractivity contribution in [2.24, 2.45) is 0 Å². The number of likely N-dealkylation sites (N-methyl/N-ethyl adjacent to an activating group) is 1. The fourth-order valence-electron chi connectivity index (χ4n) is 2.03. The minimum absolute atomic E-state index is 0.234. The average Bonchev–Trinajstić information content (AvgIpc) is 2.01. The van der Waals surface area contributed by atoms with Crippen molar-refractivity contribution in [2.45, 2.75) is 30.5 Å². The number of thioether (sulfide) groups is 1. The van der Waals surface area contributed by atoms with Crippen LogP contribution in [-0.4, -0.2) is 59.8 Å². The molecule has 0 radical (unpaired) electrons. The Hall–Kier alpha value is 0.230. The van der Waals surface area contributed by atoms with Crippen LogP contribution < -0.4 is 5.32 Å². The molecule has 14 heavy (non-hydrogen) atoms. The predicted octanol–water partition coefficient (Wildman–Crippen LogP) is 0.392. The quantitative estimate of drug-likeness (QED) is 0.716. The second kappa shape index (κ2) is 5.95. The van der Waals surface area contributed by atoms with Gasteiger partial charge in [-0.2, -0.15) is 11.8 Å². The van der Waals surface area contributed by atoms with Gasteiger partial charge >= 0.3 is 0 Å². The van der Waals surface area contributed by atoms with Crippen LogP contribution in [-0.2, 0) is 0 Å². The second-order valence-corrected chi connectivity index (χ2v) is 6.07.